The molecule has 0 aliphatic carbocycles. The van der Waals surface area contributed by atoms with E-state index in [9.17, 15) is 0 Å². The molecule has 102 valence electrons. The van der Waals surface area contributed by atoms with E-state index in [1.807, 2.05) is 0 Å². The summed E-state index contributed by atoms with van der Waals surface area (Å²) in [4.78, 5) is 14.5. The molecule has 2 aromatic heterocycles. The summed E-state index contributed by atoms with van der Waals surface area (Å²) in [7, 11) is 2.05. The number of hydrogen-bond acceptors (Lipinski definition) is 6. The monoisotopic (exact) mass is 281 g/mol. The van der Waals surface area contributed by atoms with E-state index >= 15 is 0 Å². The molecule has 2 aromatic rings. The Morgan fingerprint density at radius 2 is 2.21 bits per heavy atom. The molecule has 19 heavy (non-hydrogen) atoms. The van der Waals surface area contributed by atoms with Crippen LogP contribution in [0, 0.1) is 0 Å². The van der Waals surface area contributed by atoms with Crippen molar-refractivity contribution in [1.29, 1.82) is 0 Å². The van der Waals surface area contributed by atoms with Crippen LogP contribution in [-0.2, 0) is 0 Å². The SMILES string of the molecule is CCN(C)CCNc1nc(Cl)nc(-n2cccn2)n1. The smallest absolute Gasteiger partial charge is 0.256 e. The standard InChI is InChI=1S/C11H16ClN7/c1-3-18(2)8-6-13-10-15-9(12)16-11(17-10)19-7-4-5-14-19/h4-5,7H,3,6,8H2,1-2H3,(H,13,15,16,17). The van der Waals surface area contributed by atoms with Crippen LogP contribution in [0.15, 0.2) is 18.5 Å². The maximum Gasteiger partial charge on any atom is 0.256 e. The highest BCUT2D eigenvalue weighted by atomic mass is 35.5. The molecule has 0 radical (unpaired) electrons. The van der Waals surface area contributed by atoms with Gasteiger partial charge >= 0.3 is 0 Å². The Balaban J connectivity index is 2.05. The number of likely N-dealkylation sites (N-methyl/N-ethyl adjacent to an activating group) is 1. The first-order valence-electron chi connectivity index (χ1n) is 6.03. The van der Waals surface area contributed by atoms with Gasteiger partial charge in [0.25, 0.3) is 5.95 Å². The van der Waals surface area contributed by atoms with Crippen molar-refractivity contribution in [1.82, 2.24) is 29.6 Å². The number of nitrogens with one attached hydrogen (secondary N) is 1. The Hall–Kier alpha value is -1.73. The third-order valence-electron chi connectivity index (χ3n) is 2.62. The molecule has 0 fully saturated rings. The first kappa shape index (κ1) is 13.7. The molecule has 2 heterocycles. The van der Waals surface area contributed by atoms with Gasteiger partial charge in [0.2, 0.25) is 11.2 Å². The van der Waals surface area contributed by atoms with E-state index in [4.69, 9.17) is 11.6 Å². The Kier molecular flexibility index (Phi) is 4.64. The highest BCUT2D eigenvalue weighted by Crippen LogP contribution is 2.08. The molecule has 0 spiro atoms. The van der Waals surface area contributed by atoms with Gasteiger partial charge in [-0.25, -0.2) is 4.68 Å². The van der Waals surface area contributed by atoms with Gasteiger partial charge in [0.15, 0.2) is 0 Å². The summed E-state index contributed by atoms with van der Waals surface area (Å²) < 4.78 is 1.54. The Labute approximate surface area is 116 Å². The van der Waals surface area contributed by atoms with Crippen LogP contribution in [0.5, 0.6) is 0 Å². The topological polar surface area (TPSA) is 71.8 Å². The number of aromatic nitrogens is 5. The van der Waals surface area contributed by atoms with Gasteiger partial charge in [-0.05, 0) is 31.3 Å². The van der Waals surface area contributed by atoms with Crippen LogP contribution in [-0.4, -0.2) is 56.3 Å². The molecule has 0 atom stereocenters. The normalized spacial score (nSPS) is 10.9. The second-order valence-corrected chi connectivity index (χ2v) is 4.34. The van der Waals surface area contributed by atoms with E-state index in [0.29, 0.717) is 11.9 Å². The molecular formula is C11H16ClN7. The largest absolute Gasteiger partial charge is 0.353 e. The summed E-state index contributed by atoms with van der Waals surface area (Å²) in [5.74, 6) is 0.853. The van der Waals surface area contributed by atoms with E-state index in [0.717, 1.165) is 19.6 Å². The van der Waals surface area contributed by atoms with Crippen LogP contribution >= 0.6 is 11.6 Å². The highest BCUT2D eigenvalue weighted by molar-refractivity contribution is 6.28. The van der Waals surface area contributed by atoms with Crippen molar-refractivity contribution in [2.24, 2.45) is 0 Å². The van der Waals surface area contributed by atoms with Gasteiger partial charge in [-0.2, -0.15) is 20.1 Å². The second-order valence-electron chi connectivity index (χ2n) is 4.00. The third-order valence-corrected chi connectivity index (χ3v) is 2.79. The van der Waals surface area contributed by atoms with Crippen LogP contribution < -0.4 is 5.32 Å². The van der Waals surface area contributed by atoms with Crippen molar-refractivity contribution >= 4 is 17.5 Å². The van der Waals surface area contributed by atoms with E-state index in [1.54, 1.807) is 18.5 Å². The Morgan fingerprint density at radius 1 is 1.37 bits per heavy atom. The summed E-state index contributed by atoms with van der Waals surface area (Å²) in [6.45, 7) is 4.74. The highest BCUT2D eigenvalue weighted by Gasteiger charge is 2.06. The van der Waals surface area contributed by atoms with Gasteiger partial charge in [0.05, 0.1) is 0 Å². The lowest BCUT2D eigenvalue weighted by molar-refractivity contribution is 0.367. The van der Waals surface area contributed by atoms with Crippen LogP contribution in [0.4, 0.5) is 5.95 Å². The zero-order valence-corrected chi connectivity index (χ0v) is 11.7. The fourth-order valence-electron chi connectivity index (χ4n) is 1.42. The summed E-state index contributed by atoms with van der Waals surface area (Å²) in [6, 6.07) is 1.79. The van der Waals surface area contributed by atoms with Gasteiger partial charge in [-0.15, -0.1) is 0 Å². The first-order valence-corrected chi connectivity index (χ1v) is 6.41. The van der Waals surface area contributed by atoms with Gasteiger partial charge in [0, 0.05) is 25.5 Å². The molecule has 0 unspecified atom stereocenters. The second kappa shape index (κ2) is 6.44. The molecule has 8 heteroatoms. The average molecular weight is 282 g/mol. The van der Waals surface area contributed by atoms with E-state index < -0.39 is 0 Å². The minimum atomic E-state index is 0.145. The number of anilines is 1. The van der Waals surface area contributed by atoms with Crippen molar-refractivity contribution < 1.29 is 0 Å². The summed E-state index contributed by atoms with van der Waals surface area (Å²) >= 11 is 5.88. The summed E-state index contributed by atoms with van der Waals surface area (Å²) in [6.07, 6.45) is 3.40. The molecule has 0 aliphatic rings. The lowest BCUT2D eigenvalue weighted by Crippen LogP contribution is -2.25. The van der Waals surface area contributed by atoms with E-state index in [-0.39, 0.29) is 5.28 Å². The van der Waals surface area contributed by atoms with Crippen LogP contribution in [0.3, 0.4) is 0 Å². The van der Waals surface area contributed by atoms with E-state index in [1.165, 1.54) is 4.68 Å². The quantitative estimate of drug-likeness (QED) is 0.854. The maximum absolute atomic E-state index is 5.88. The van der Waals surface area contributed by atoms with Crippen molar-refractivity contribution in [3.63, 3.8) is 0 Å². The Bertz CT molecular complexity index is 514. The summed E-state index contributed by atoms with van der Waals surface area (Å²) in [5.41, 5.74) is 0. The molecule has 7 nitrogen and oxygen atoms in total. The van der Waals surface area contributed by atoms with Gasteiger partial charge in [-0.3, -0.25) is 0 Å². The van der Waals surface area contributed by atoms with Crippen molar-refractivity contribution in [2.75, 3.05) is 32.0 Å². The zero-order chi connectivity index (χ0) is 13.7. The molecule has 0 aromatic carbocycles. The molecule has 0 aliphatic heterocycles. The van der Waals surface area contributed by atoms with Gasteiger partial charge in [-0.1, -0.05) is 6.92 Å². The predicted molar refractivity (Wildman–Crippen MR) is 73.6 cm³/mol. The number of rotatable bonds is 6. The van der Waals surface area contributed by atoms with Crippen molar-refractivity contribution in [2.45, 2.75) is 6.92 Å². The lowest BCUT2D eigenvalue weighted by Gasteiger charge is -2.14. The van der Waals surface area contributed by atoms with Crippen molar-refractivity contribution in [3.8, 4) is 5.95 Å². The average Bonchev–Trinajstić information content (AvgIpc) is 2.91. The van der Waals surface area contributed by atoms with E-state index in [2.05, 4.69) is 44.2 Å². The van der Waals surface area contributed by atoms with Crippen LogP contribution in [0.2, 0.25) is 5.28 Å². The zero-order valence-electron chi connectivity index (χ0n) is 10.9. The summed E-state index contributed by atoms with van der Waals surface area (Å²) in [5, 5.41) is 7.33. The molecule has 0 saturated heterocycles. The number of hydrogen-bond donors (Lipinski definition) is 1. The maximum atomic E-state index is 5.88. The molecule has 0 amide bonds. The van der Waals surface area contributed by atoms with Crippen LogP contribution in [0.1, 0.15) is 6.92 Å². The minimum absolute atomic E-state index is 0.145. The van der Waals surface area contributed by atoms with Crippen molar-refractivity contribution in [3.05, 3.63) is 23.7 Å². The Morgan fingerprint density at radius 3 is 2.89 bits per heavy atom. The molecular weight excluding hydrogens is 266 g/mol. The fourth-order valence-corrected chi connectivity index (χ4v) is 1.58. The molecule has 1 N–H and O–H groups in total. The molecule has 0 saturated carbocycles. The third kappa shape index (κ3) is 3.87. The van der Waals surface area contributed by atoms with Crippen LogP contribution in [0.25, 0.3) is 5.95 Å². The molecule has 0 bridgehead atoms. The fraction of sp³-hybridized carbons (Fsp3) is 0.455. The molecule has 2 rings (SSSR count). The first-order chi connectivity index (χ1) is 9.19. The lowest BCUT2D eigenvalue weighted by atomic mass is 10.5. The predicted octanol–water partition coefficient (Wildman–Crippen LogP) is 1.07. The van der Waals surface area contributed by atoms with Gasteiger partial charge < -0.3 is 10.2 Å². The minimum Gasteiger partial charge on any atom is -0.353 e. The van der Waals surface area contributed by atoms with Gasteiger partial charge in [0.1, 0.15) is 0 Å². The number of nitrogens with zero attached hydrogens (tertiary/aromatic N) is 6. The number of halogens is 1.